The first-order valence-corrected chi connectivity index (χ1v) is 5.16. The minimum Gasteiger partial charge on any atom is -0.319 e. The molecule has 1 aromatic heterocycles. The molecule has 0 unspecified atom stereocenters. The highest BCUT2D eigenvalue weighted by Gasteiger charge is 2.20. The van der Waals surface area contributed by atoms with Gasteiger partial charge in [0.2, 0.25) is 5.62 Å². The van der Waals surface area contributed by atoms with Gasteiger partial charge in [-0.2, -0.15) is 0 Å². The molecule has 1 aromatic rings. The fraction of sp³-hybridized carbons (Fsp3) is 0.500. The molecular formula is C10H14ClN2. The second-order valence-electron chi connectivity index (χ2n) is 3.41. The zero-order valence-corrected chi connectivity index (χ0v) is 8.37. The van der Waals surface area contributed by atoms with E-state index < -0.39 is 0 Å². The van der Waals surface area contributed by atoms with Crippen LogP contribution in [0.5, 0.6) is 0 Å². The molecule has 2 rings (SSSR count). The molecule has 0 N–H and O–H groups in total. The largest absolute Gasteiger partial charge is 0.319 e. The molecule has 3 heteroatoms. The summed E-state index contributed by atoms with van der Waals surface area (Å²) in [5, 5.41) is 0. The lowest BCUT2D eigenvalue weighted by Gasteiger charge is -2.29. The van der Waals surface area contributed by atoms with Gasteiger partial charge in [0.25, 0.3) is 0 Å². The average Bonchev–Trinajstić information content (AvgIpc) is 2.71. The van der Waals surface area contributed by atoms with Gasteiger partial charge in [-0.05, 0) is 25.0 Å². The van der Waals surface area contributed by atoms with Gasteiger partial charge < -0.3 is 4.57 Å². The van der Waals surface area contributed by atoms with E-state index in [4.69, 9.17) is 11.6 Å². The first-order chi connectivity index (χ1) is 6.38. The Morgan fingerprint density at radius 3 is 2.23 bits per heavy atom. The summed E-state index contributed by atoms with van der Waals surface area (Å²) in [6.07, 6.45) is 7.83. The molecular weight excluding hydrogens is 184 g/mol. The van der Waals surface area contributed by atoms with E-state index in [0.29, 0.717) is 0 Å². The van der Waals surface area contributed by atoms with Crippen LogP contribution in [0.4, 0.5) is 0 Å². The molecule has 0 amide bonds. The topological polar surface area (TPSA) is 8.17 Å². The quantitative estimate of drug-likeness (QED) is 0.662. The summed E-state index contributed by atoms with van der Waals surface area (Å²) in [4.78, 5) is 2.24. The fourth-order valence-electron chi connectivity index (χ4n) is 1.70. The molecule has 0 saturated carbocycles. The van der Waals surface area contributed by atoms with Crippen LogP contribution in [0.15, 0.2) is 24.5 Å². The number of halogens is 1. The normalized spacial score (nSPS) is 19.5. The van der Waals surface area contributed by atoms with Crippen molar-refractivity contribution in [3.63, 3.8) is 0 Å². The van der Waals surface area contributed by atoms with E-state index in [1.54, 1.807) is 0 Å². The van der Waals surface area contributed by atoms with Crippen molar-refractivity contribution in [2.75, 3.05) is 13.1 Å². The van der Waals surface area contributed by atoms with Crippen LogP contribution in [0.1, 0.15) is 19.3 Å². The molecule has 1 saturated heterocycles. The standard InChI is InChI=1S/C10H14ClN2/c11-10(13-8-4-5-9-13)12-6-2-1-3-7-12/h4-5,8-9H,1-3,6-7H2. The van der Waals surface area contributed by atoms with Crippen LogP contribution in [-0.2, 0) is 0 Å². The highest BCUT2D eigenvalue weighted by atomic mass is 35.5. The van der Waals surface area contributed by atoms with E-state index in [9.17, 15) is 0 Å². The van der Waals surface area contributed by atoms with Gasteiger partial charge in [0.05, 0.1) is 0 Å². The van der Waals surface area contributed by atoms with Crippen molar-refractivity contribution >= 4 is 11.6 Å². The molecule has 1 aliphatic rings. The number of likely N-dealkylation sites (tertiary alicyclic amines) is 1. The zero-order chi connectivity index (χ0) is 9.10. The van der Waals surface area contributed by atoms with Crippen LogP contribution in [0.25, 0.3) is 0 Å². The van der Waals surface area contributed by atoms with Crippen molar-refractivity contribution in [2.45, 2.75) is 19.3 Å². The Morgan fingerprint density at radius 2 is 1.62 bits per heavy atom. The zero-order valence-electron chi connectivity index (χ0n) is 7.62. The number of hydrogen-bond acceptors (Lipinski definition) is 1. The number of hydrogen-bond donors (Lipinski definition) is 0. The first-order valence-electron chi connectivity index (χ1n) is 4.79. The van der Waals surface area contributed by atoms with Gasteiger partial charge in [-0.15, -0.1) is 0 Å². The van der Waals surface area contributed by atoms with Gasteiger partial charge in [0.1, 0.15) is 0 Å². The minimum atomic E-state index is 0.838. The van der Waals surface area contributed by atoms with Crippen LogP contribution >= 0.6 is 11.6 Å². The van der Waals surface area contributed by atoms with E-state index in [1.807, 2.05) is 29.1 Å². The lowest BCUT2D eigenvalue weighted by Crippen LogP contribution is -2.34. The van der Waals surface area contributed by atoms with Crippen LogP contribution in [0.3, 0.4) is 0 Å². The third kappa shape index (κ3) is 2.06. The van der Waals surface area contributed by atoms with E-state index in [0.717, 1.165) is 18.7 Å². The summed E-state index contributed by atoms with van der Waals surface area (Å²) in [6.45, 7) is 2.19. The maximum absolute atomic E-state index is 6.23. The van der Waals surface area contributed by atoms with Crippen molar-refractivity contribution in [3.8, 4) is 0 Å². The molecule has 0 spiro atoms. The molecule has 0 atom stereocenters. The SMILES string of the molecule is Cl[C](N1CCCCC1)n1cccc1. The third-order valence-electron chi connectivity index (χ3n) is 2.43. The van der Waals surface area contributed by atoms with Crippen LogP contribution in [0.2, 0.25) is 0 Å². The summed E-state index contributed by atoms with van der Waals surface area (Å²) in [5.74, 6) is 0. The molecule has 1 radical (unpaired) electrons. The predicted molar refractivity (Wildman–Crippen MR) is 54.4 cm³/mol. The van der Waals surface area contributed by atoms with Crippen LogP contribution < -0.4 is 0 Å². The third-order valence-corrected chi connectivity index (χ3v) is 2.87. The summed E-state index contributed by atoms with van der Waals surface area (Å²) < 4.78 is 1.97. The monoisotopic (exact) mass is 197 g/mol. The Balaban J connectivity index is 1.99. The number of nitrogens with zero attached hydrogens (tertiary/aromatic N) is 2. The first kappa shape index (κ1) is 9.10. The number of aromatic nitrogens is 1. The summed E-state index contributed by atoms with van der Waals surface area (Å²) in [7, 11) is 0. The lowest BCUT2D eigenvalue weighted by atomic mass is 10.1. The number of rotatable bonds is 2. The Bertz CT molecular complexity index is 239. The Labute approximate surface area is 84.1 Å². The second-order valence-corrected chi connectivity index (χ2v) is 3.75. The van der Waals surface area contributed by atoms with Crippen molar-refractivity contribution in [1.29, 1.82) is 0 Å². The highest BCUT2D eigenvalue weighted by molar-refractivity contribution is 6.26. The fourth-order valence-corrected chi connectivity index (χ4v) is 1.98. The molecule has 2 heterocycles. The summed E-state index contributed by atoms with van der Waals surface area (Å²) >= 11 is 6.23. The van der Waals surface area contributed by atoms with Crippen molar-refractivity contribution in [1.82, 2.24) is 9.47 Å². The van der Waals surface area contributed by atoms with E-state index in [-0.39, 0.29) is 0 Å². The summed E-state index contributed by atoms with van der Waals surface area (Å²) in [5.41, 5.74) is 0.838. The van der Waals surface area contributed by atoms with Gasteiger partial charge in [-0.25, -0.2) is 0 Å². The van der Waals surface area contributed by atoms with E-state index >= 15 is 0 Å². The van der Waals surface area contributed by atoms with Gasteiger partial charge in [-0.1, -0.05) is 18.0 Å². The second kappa shape index (κ2) is 4.16. The highest BCUT2D eigenvalue weighted by Crippen LogP contribution is 2.21. The number of piperidine rings is 1. The maximum atomic E-state index is 6.23. The average molecular weight is 198 g/mol. The molecule has 2 nitrogen and oxygen atoms in total. The maximum Gasteiger partial charge on any atom is 0.227 e. The van der Waals surface area contributed by atoms with E-state index in [2.05, 4.69) is 4.90 Å². The Hall–Kier alpha value is -0.470. The van der Waals surface area contributed by atoms with Gasteiger partial charge in [-0.3, -0.25) is 4.90 Å². The van der Waals surface area contributed by atoms with E-state index in [1.165, 1.54) is 19.3 Å². The molecule has 0 bridgehead atoms. The predicted octanol–water partition coefficient (Wildman–Crippen LogP) is 2.51. The molecule has 0 aliphatic carbocycles. The molecule has 0 aromatic carbocycles. The van der Waals surface area contributed by atoms with Crippen molar-refractivity contribution < 1.29 is 0 Å². The van der Waals surface area contributed by atoms with Crippen LogP contribution in [0, 0.1) is 5.62 Å². The van der Waals surface area contributed by atoms with Gasteiger partial charge in [0, 0.05) is 25.5 Å². The molecule has 1 fully saturated rings. The van der Waals surface area contributed by atoms with Gasteiger partial charge in [0.15, 0.2) is 0 Å². The van der Waals surface area contributed by atoms with Crippen molar-refractivity contribution in [3.05, 3.63) is 30.2 Å². The van der Waals surface area contributed by atoms with Gasteiger partial charge >= 0.3 is 0 Å². The minimum absolute atomic E-state index is 0.838. The smallest absolute Gasteiger partial charge is 0.227 e. The molecule has 71 valence electrons. The molecule has 1 aliphatic heterocycles. The van der Waals surface area contributed by atoms with Crippen molar-refractivity contribution in [2.24, 2.45) is 0 Å². The Morgan fingerprint density at radius 1 is 1.00 bits per heavy atom. The molecule has 13 heavy (non-hydrogen) atoms. The van der Waals surface area contributed by atoms with Crippen LogP contribution in [-0.4, -0.2) is 22.6 Å². The Kier molecular flexibility index (Phi) is 2.91. The lowest BCUT2D eigenvalue weighted by molar-refractivity contribution is 0.248. The summed E-state index contributed by atoms with van der Waals surface area (Å²) in [6, 6.07) is 3.98.